The number of rotatable bonds is 3. The van der Waals surface area contributed by atoms with E-state index in [1.807, 2.05) is 59.5 Å². The van der Waals surface area contributed by atoms with Gasteiger partial charge in [-0.1, -0.05) is 30.3 Å². The lowest BCUT2D eigenvalue weighted by atomic mass is 10.0. The third-order valence-corrected chi connectivity index (χ3v) is 4.58. The highest BCUT2D eigenvalue weighted by Crippen LogP contribution is 2.18. The van der Waals surface area contributed by atoms with Crippen LogP contribution in [0.25, 0.3) is 10.9 Å². The summed E-state index contributed by atoms with van der Waals surface area (Å²) in [6.07, 6.45) is 0.744. The van der Waals surface area contributed by atoms with Crippen molar-refractivity contribution < 1.29 is 4.79 Å². The molecule has 0 spiro atoms. The van der Waals surface area contributed by atoms with Crippen LogP contribution in [-0.2, 0) is 17.8 Å². The van der Waals surface area contributed by atoms with Gasteiger partial charge in [0.25, 0.3) is 0 Å². The molecule has 0 aliphatic carbocycles. The number of fused-ring (bicyclic) bond motifs is 2. The topological polar surface area (TPSA) is 65.2 Å². The first kappa shape index (κ1) is 15.6. The Kier molecular flexibility index (Phi) is 4.07. The van der Waals surface area contributed by atoms with Gasteiger partial charge in [-0.2, -0.15) is 0 Å². The van der Waals surface area contributed by atoms with Crippen LogP contribution in [0.2, 0.25) is 0 Å². The first-order valence-electron chi connectivity index (χ1n) is 8.41. The molecule has 0 fully saturated rings. The summed E-state index contributed by atoms with van der Waals surface area (Å²) in [7, 11) is 0. The Bertz CT molecular complexity index is 979. The summed E-state index contributed by atoms with van der Waals surface area (Å²) in [5, 5.41) is 3.60. The lowest BCUT2D eigenvalue weighted by Gasteiger charge is -2.27. The predicted molar refractivity (Wildman–Crippen MR) is 98.6 cm³/mol. The van der Waals surface area contributed by atoms with E-state index in [1.165, 1.54) is 0 Å². The molecule has 4 rings (SSSR count). The summed E-state index contributed by atoms with van der Waals surface area (Å²) in [5.74, 6) is -0.0631. The molecule has 5 heteroatoms. The molecule has 0 unspecified atom stereocenters. The van der Waals surface area contributed by atoms with E-state index >= 15 is 0 Å². The normalized spacial score (nSPS) is 14.2. The second kappa shape index (κ2) is 6.53. The van der Waals surface area contributed by atoms with Crippen LogP contribution >= 0.6 is 0 Å². The fourth-order valence-electron chi connectivity index (χ4n) is 3.34. The summed E-state index contributed by atoms with van der Waals surface area (Å²) in [6.45, 7) is 1.53. The number of amides is 1. The molecule has 126 valence electrons. The van der Waals surface area contributed by atoms with E-state index in [0.717, 1.165) is 35.4 Å². The zero-order valence-electron chi connectivity index (χ0n) is 13.8. The lowest BCUT2D eigenvalue weighted by molar-refractivity contribution is -0.117. The Hall–Kier alpha value is -2.92. The predicted octanol–water partition coefficient (Wildman–Crippen LogP) is 2.52. The molecule has 1 aliphatic heterocycles. The Labute approximate surface area is 145 Å². The molecule has 0 radical (unpaired) electrons. The molecule has 0 saturated heterocycles. The number of aromatic amines is 1. The number of hydrogen-bond donors (Lipinski definition) is 2. The maximum Gasteiger partial charge on any atom is 0.238 e. The van der Waals surface area contributed by atoms with Crippen molar-refractivity contribution in [2.75, 3.05) is 18.4 Å². The zero-order valence-corrected chi connectivity index (χ0v) is 13.8. The summed E-state index contributed by atoms with van der Waals surface area (Å²) in [6, 6.07) is 17.0. The third-order valence-electron chi connectivity index (χ3n) is 4.58. The molecule has 2 heterocycles. The van der Waals surface area contributed by atoms with Crippen LogP contribution in [0.5, 0.6) is 0 Å². The van der Waals surface area contributed by atoms with Gasteiger partial charge in [0, 0.05) is 47.4 Å². The van der Waals surface area contributed by atoms with Crippen LogP contribution in [0.3, 0.4) is 0 Å². The van der Waals surface area contributed by atoms with E-state index in [-0.39, 0.29) is 17.9 Å². The molecule has 2 N–H and O–H groups in total. The second-order valence-corrected chi connectivity index (χ2v) is 6.33. The Morgan fingerprint density at radius 2 is 1.84 bits per heavy atom. The van der Waals surface area contributed by atoms with Crippen LogP contribution < -0.4 is 10.7 Å². The fourth-order valence-corrected chi connectivity index (χ4v) is 3.34. The molecule has 5 nitrogen and oxygen atoms in total. The molecule has 1 aliphatic rings. The summed E-state index contributed by atoms with van der Waals surface area (Å²) in [4.78, 5) is 30.4. The van der Waals surface area contributed by atoms with Crippen molar-refractivity contribution in [1.82, 2.24) is 9.88 Å². The molecule has 1 aromatic heterocycles. The monoisotopic (exact) mass is 333 g/mol. The number of aromatic nitrogens is 1. The number of nitrogens with zero attached hydrogens (tertiary/aromatic N) is 1. The molecule has 2 aromatic carbocycles. The average molecular weight is 333 g/mol. The second-order valence-electron chi connectivity index (χ2n) is 6.33. The van der Waals surface area contributed by atoms with Gasteiger partial charge in [0.15, 0.2) is 5.43 Å². The number of pyridine rings is 1. The standard InChI is InChI=1S/C20H19N3O2/c24-19(21-14-6-2-1-3-7-14)13-23-11-10-18-16(12-23)20(25)15-8-4-5-9-17(15)22-18/h1-9H,10-13H2,(H,21,24)(H,22,25). The first-order chi connectivity index (χ1) is 12.2. The number of hydrogen-bond acceptors (Lipinski definition) is 3. The minimum atomic E-state index is -0.0631. The summed E-state index contributed by atoms with van der Waals surface area (Å²) in [5.41, 5.74) is 3.49. The van der Waals surface area contributed by atoms with Crippen LogP contribution in [0.4, 0.5) is 5.69 Å². The van der Waals surface area contributed by atoms with Crippen LogP contribution in [0, 0.1) is 0 Å². The smallest absolute Gasteiger partial charge is 0.238 e. The lowest BCUT2D eigenvalue weighted by Crippen LogP contribution is -2.39. The zero-order chi connectivity index (χ0) is 17.2. The van der Waals surface area contributed by atoms with Crippen molar-refractivity contribution in [3.63, 3.8) is 0 Å². The first-order valence-corrected chi connectivity index (χ1v) is 8.41. The van der Waals surface area contributed by atoms with Gasteiger partial charge in [0.2, 0.25) is 5.91 Å². The number of H-pyrrole nitrogens is 1. The van der Waals surface area contributed by atoms with Gasteiger partial charge < -0.3 is 10.3 Å². The molecule has 3 aromatic rings. The number of anilines is 1. The van der Waals surface area contributed by atoms with Crippen molar-refractivity contribution in [3.05, 3.63) is 76.1 Å². The fraction of sp³-hybridized carbons (Fsp3) is 0.200. The van der Waals surface area contributed by atoms with Crippen molar-refractivity contribution in [2.45, 2.75) is 13.0 Å². The summed E-state index contributed by atoms with van der Waals surface area (Å²) < 4.78 is 0. The van der Waals surface area contributed by atoms with Crippen LogP contribution in [0.15, 0.2) is 59.4 Å². The molecule has 25 heavy (non-hydrogen) atoms. The molecular formula is C20H19N3O2. The highest BCUT2D eigenvalue weighted by atomic mass is 16.2. The minimum absolute atomic E-state index is 0.0631. The highest BCUT2D eigenvalue weighted by Gasteiger charge is 2.22. The number of nitrogens with one attached hydrogen (secondary N) is 2. The Balaban J connectivity index is 1.52. The van der Waals surface area contributed by atoms with Crippen LogP contribution in [0.1, 0.15) is 11.3 Å². The van der Waals surface area contributed by atoms with Crippen LogP contribution in [-0.4, -0.2) is 28.9 Å². The van der Waals surface area contributed by atoms with E-state index < -0.39 is 0 Å². The molecule has 0 bridgehead atoms. The van der Waals surface area contributed by atoms with E-state index in [1.54, 1.807) is 0 Å². The maximum absolute atomic E-state index is 12.7. The Morgan fingerprint density at radius 1 is 1.08 bits per heavy atom. The number of carbonyl (C=O) groups is 1. The van der Waals surface area contributed by atoms with Gasteiger partial charge in [0.1, 0.15) is 0 Å². The average Bonchev–Trinajstić information content (AvgIpc) is 2.63. The van der Waals surface area contributed by atoms with E-state index in [4.69, 9.17) is 0 Å². The molecule has 0 atom stereocenters. The van der Waals surface area contributed by atoms with Gasteiger partial charge >= 0.3 is 0 Å². The van der Waals surface area contributed by atoms with Gasteiger partial charge in [-0.05, 0) is 24.3 Å². The quantitative estimate of drug-likeness (QED) is 0.774. The van der Waals surface area contributed by atoms with Crippen molar-refractivity contribution in [1.29, 1.82) is 0 Å². The third kappa shape index (κ3) is 3.19. The maximum atomic E-state index is 12.7. The van der Waals surface area contributed by atoms with Crippen molar-refractivity contribution in [2.24, 2.45) is 0 Å². The summed E-state index contributed by atoms with van der Waals surface area (Å²) >= 11 is 0. The molecule has 0 saturated carbocycles. The molecule has 1 amide bonds. The highest BCUT2D eigenvalue weighted by molar-refractivity contribution is 5.92. The van der Waals surface area contributed by atoms with E-state index in [0.29, 0.717) is 11.9 Å². The van der Waals surface area contributed by atoms with E-state index in [2.05, 4.69) is 10.3 Å². The van der Waals surface area contributed by atoms with Gasteiger partial charge in [-0.25, -0.2) is 0 Å². The van der Waals surface area contributed by atoms with Gasteiger partial charge in [0.05, 0.1) is 6.54 Å². The van der Waals surface area contributed by atoms with E-state index in [9.17, 15) is 9.59 Å². The van der Waals surface area contributed by atoms with Gasteiger partial charge in [-0.15, -0.1) is 0 Å². The SMILES string of the molecule is O=C(CN1CCc2[nH]c3ccccc3c(=O)c2C1)Nc1ccccc1. The number of benzene rings is 2. The van der Waals surface area contributed by atoms with Crippen molar-refractivity contribution >= 4 is 22.5 Å². The number of carbonyl (C=O) groups excluding carboxylic acids is 1. The van der Waals surface area contributed by atoms with Crippen molar-refractivity contribution in [3.8, 4) is 0 Å². The largest absolute Gasteiger partial charge is 0.358 e. The Morgan fingerprint density at radius 3 is 2.68 bits per heavy atom. The number of para-hydroxylation sites is 2. The minimum Gasteiger partial charge on any atom is -0.358 e. The van der Waals surface area contributed by atoms with Gasteiger partial charge in [-0.3, -0.25) is 14.5 Å². The molecular weight excluding hydrogens is 314 g/mol.